The third-order valence-electron chi connectivity index (χ3n) is 2.25. The molecule has 0 aliphatic heterocycles. The van der Waals surface area contributed by atoms with Crippen LogP contribution >= 0.6 is 0 Å². The van der Waals surface area contributed by atoms with Gasteiger partial charge in [0, 0.05) is 27.3 Å². The van der Waals surface area contributed by atoms with E-state index in [0.717, 1.165) is 23.1 Å². The molecule has 0 saturated carbocycles. The Bertz CT molecular complexity index is 270. The number of hydrogen-bond donors (Lipinski definition) is 1. The van der Waals surface area contributed by atoms with Crippen molar-refractivity contribution in [2.24, 2.45) is 5.92 Å². The van der Waals surface area contributed by atoms with Gasteiger partial charge in [-0.25, -0.2) is 12.5 Å². The number of nitrogens with one attached hydrogen (secondary N) is 1. The van der Waals surface area contributed by atoms with Gasteiger partial charge in [-0.2, -0.15) is 6.08 Å². The van der Waals surface area contributed by atoms with Gasteiger partial charge >= 0.3 is 0 Å². The Balaban J connectivity index is 0. The average molecular weight is 374 g/mol. The summed E-state index contributed by atoms with van der Waals surface area (Å²) in [7, 11) is 0. The van der Waals surface area contributed by atoms with Crippen molar-refractivity contribution in [3.05, 3.63) is 42.4 Å². The minimum Gasteiger partial charge on any atom is -0.310 e. The first kappa shape index (κ1) is 16.9. The third kappa shape index (κ3) is 5.79. The van der Waals surface area contributed by atoms with Gasteiger partial charge < -0.3 is 5.41 Å². The maximum Gasteiger partial charge on any atom is 0.00743 e. The van der Waals surface area contributed by atoms with Crippen molar-refractivity contribution >= 4 is 6.21 Å². The van der Waals surface area contributed by atoms with E-state index in [4.69, 9.17) is 5.41 Å². The van der Waals surface area contributed by atoms with Gasteiger partial charge in [0.15, 0.2) is 0 Å². The van der Waals surface area contributed by atoms with Crippen LogP contribution in [-0.2, 0) is 21.1 Å². The Morgan fingerprint density at radius 3 is 2.33 bits per heavy atom. The van der Waals surface area contributed by atoms with Crippen LogP contribution in [0.25, 0.3) is 0 Å². The van der Waals surface area contributed by atoms with Gasteiger partial charge in [0.25, 0.3) is 0 Å². The van der Waals surface area contributed by atoms with Crippen molar-refractivity contribution in [1.29, 1.82) is 5.41 Å². The van der Waals surface area contributed by atoms with Crippen molar-refractivity contribution in [3.63, 3.8) is 0 Å². The first-order chi connectivity index (χ1) is 6.56. The van der Waals surface area contributed by atoms with E-state index in [1.54, 1.807) is 0 Å². The molecule has 0 aliphatic carbocycles. The van der Waals surface area contributed by atoms with Gasteiger partial charge in [0.1, 0.15) is 0 Å². The molecule has 0 fully saturated rings. The Morgan fingerprint density at radius 2 is 2.07 bits per heavy atom. The number of allylic oxidation sites excluding steroid dienone is 5. The molecule has 1 atom stereocenters. The molecule has 0 saturated heterocycles. The summed E-state index contributed by atoms with van der Waals surface area (Å²) in [5.41, 5.74) is 3.01. The second-order valence-electron chi connectivity index (χ2n) is 3.56. The van der Waals surface area contributed by atoms with Crippen molar-refractivity contribution in [3.8, 4) is 0 Å². The molecule has 0 heterocycles. The van der Waals surface area contributed by atoms with Gasteiger partial charge in [-0.15, -0.1) is 0 Å². The minimum atomic E-state index is 0. The molecule has 2 heteroatoms. The first-order valence-corrected chi connectivity index (χ1v) is 4.94. The van der Waals surface area contributed by atoms with E-state index in [9.17, 15) is 0 Å². The summed E-state index contributed by atoms with van der Waals surface area (Å²) in [6, 6.07) is 0. The van der Waals surface area contributed by atoms with Crippen LogP contribution in [-0.4, -0.2) is 6.21 Å². The molecule has 84 valence electrons. The van der Waals surface area contributed by atoms with Gasteiger partial charge in [-0.05, 0) is 12.3 Å². The summed E-state index contributed by atoms with van der Waals surface area (Å²) in [6.07, 6.45) is 6.20. The van der Waals surface area contributed by atoms with E-state index < -0.39 is 0 Å². The molecule has 1 nitrogen and oxygen atoms in total. The van der Waals surface area contributed by atoms with E-state index in [1.165, 1.54) is 6.21 Å². The maximum absolute atomic E-state index is 7.35. The third-order valence-corrected chi connectivity index (χ3v) is 2.25. The minimum absolute atomic E-state index is 0. The summed E-state index contributed by atoms with van der Waals surface area (Å²) >= 11 is 0. The fraction of sp³-hybridized carbons (Fsp3) is 0.385. The number of rotatable bonds is 5. The van der Waals surface area contributed by atoms with E-state index >= 15 is 0 Å². The largest absolute Gasteiger partial charge is 0.310 e. The Labute approximate surface area is 108 Å². The normalized spacial score (nSPS) is 14.7. The summed E-state index contributed by atoms with van der Waals surface area (Å²) in [6.45, 7) is 13.8. The second-order valence-corrected chi connectivity index (χ2v) is 3.56. The first-order valence-electron chi connectivity index (χ1n) is 4.94. The topological polar surface area (TPSA) is 23.9 Å². The van der Waals surface area contributed by atoms with Crippen molar-refractivity contribution in [2.45, 2.75) is 27.2 Å². The van der Waals surface area contributed by atoms with Gasteiger partial charge in [-0.3, -0.25) is 0 Å². The standard InChI is InChI=1S/C13H20N.W/c1-6-11(5)13(7-2)12(9-14)8-10(3)4;/h7-9,11,14H,2-3,6H2,1,4-5H3;/q-1;/b10-8-,13-12+,14-9?;. The summed E-state index contributed by atoms with van der Waals surface area (Å²) < 4.78 is 0. The predicted octanol–water partition coefficient (Wildman–Crippen LogP) is 3.94. The van der Waals surface area contributed by atoms with E-state index in [0.29, 0.717) is 5.92 Å². The van der Waals surface area contributed by atoms with Crippen molar-refractivity contribution in [2.75, 3.05) is 0 Å². The molecule has 1 unspecified atom stereocenters. The molecule has 0 rings (SSSR count). The van der Waals surface area contributed by atoms with Gasteiger partial charge in [0.2, 0.25) is 0 Å². The van der Waals surface area contributed by atoms with E-state index in [1.807, 2.05) is 19.1 Å². The molecule has 0 aromatic heterocycles. The predicted molar refractivity (Wildman–Crippen MR) is 64.6 cm³/mol. The Kier molecular flexibility index (Phi) is 9.82. The van der Waals surface area contributed by atoms with Crippen molar-refractivity contribution in [1.82, 2.24) is 0 Å². The summed E-state index contributed by atoms with van der Waals surface area (Å²) in [5, 5.41) is 7.35. The Morgan fingerprint density at radius 1 is 1.53 bits per heavy atom. The fourth-order valence-corrected chi connectivity index (χ4v) is 1.30. The van der Waals surface area contributed by atoms with Crippen LogP contribution in [0.2, 0.25) is 0 Å². The molecule has 0 spiro atoms. The van der Waals surface area contributed by atoms with Crippen LogP contribution in [0.1, 0.15) is 27.2 Å². The molecule has 1 N–H and O–H groups in total. The van der Waals surface area contributed by atoms with Gasteiger partial charge in [0.05, 0.1) is 0 Å². The molecular weight excluding hydrogens is 354 g/mol. The zero-order valence-electron chi connectivity index (χ0n) is 9.84. The van der Waals surface area contributed by atoms with Crippen LogP contribution in [0.4, 0.5) is 0 Å². The molecule has 15 heavy (non-hydrogen) atoms. The molecule has 0 amide bonds. The second kappa shape index (κ2) is 8.73. The van der Waals surface area contributed by atoms with Crippen LogP contribution in [0.5, 0.6) is 0 Å². The van der Waals surface area contributed by atoms with Crippen molar-refractivity contribution < 1.29 is 21.1 Å². The Hall–Kier alpha value is -0.552. The average Bonchev–Trinajstić information content (AvgIpc) is 2.16. The zero-order valence-corrected chi connectivity index (χ0v) is 12.8. The molecule has 0 bridgehead atoms. The van der Waals surface area contributed by atoms with Crippen LogP contribution < -0.4 is 0 Å². The fourth-order valence-electron chi connectivity index (χ4n) is 1.30. The molecular formula is C13H20NW-. The summed E-state index contributed by atoms with van der Waals surface area (Å²) in [4.78, 5) is 0. The number of hydrogen-bond acceptors (Lipinski definition) is 1. The quantitative estimate of drug-likeness (QED) is 0.428. The van der Waals surface area contributed by atoms with E-state index in [-0.39, 0.29) is 21.1 Å². The maximum atomic E-state index is 7.35. The smallest absolute Gasteiger partial charge is 0.00743 e. The van der Waals surface area contributed by atoms with Crippen LogP contribution in [0, 0.1) is 18.3 Å². The monoisotopic (exact) mass is 374 g/mol. The molecule has 0 aliphatic rings. The SMILES string of the molecule is C=C/C(=C(C=N)/C=C(/[CH2-])C)C(C)CC.[W]. The molecule has 0 aromatic rings. The van der Waals surface area contributed by atoms with Gasteiger partial charge in [-0.1, -0.05) is 44.6 Å². The zero-order chi connectivity index (χ0) is 11.1. The van der Waals surface area contributed by atoms with E-state index in [2.05, 4.69) is 27.4 Å². The molecule has 0 aromatic carbocycles. The molecule has 0 radical (unpaired) electrons. The summed E-state index contributed by atoms with van der Waals surface area (Å²) in [5.74, 6) is 0.444. The van der Waals surface area contributed by atoms with Crippen LogP contribution in [0.3, 0.4) is 0 Å². The van der Waals surface area contributed by atoms with Crippen LogP contribution in [0.15, 0.2) is 35.5 Å².